The number of halogens is 4. The summed E-state index contributed by atoms with van der Waals surface area (Å²) in [5, 5.41) is 23.7. The van der Waals surface area contributed by atoms with Crippen LogP contribution in [0.1, 0.15) is 38.3 Å². The Hall–Kier alpha value is -4.15. The number of para-hydroxylation sites is 1. The number of amides is 2. The number of aliphatic hydroxyl groups is 2. The first kappa shape index (κ1) is 36.7. The van der Waals surface area contributed by atoms with Crippen LogP contribution < -0.4 is 19.5 Å². The van der Waals surface area contributed by atoms with E-state index in [4.69, 9.17) is 14.2 Å². The summed E-state index contributed by atoms with van der Waals surface area (Å²) in [4.78, 5) is 40.1. The zero-order valence-electron chi connectivity index (χ0n) is 26.0. The lowest BCUT2D eigenvalue weighted by molar-refractivity contribution is -0.137. The second kappa shape index (κ2) is 16.3. The average Bonchev–Trinajstić information content (AvgIpc) is 3.08. The Kier molecular flexibility index (Phi) is 12.5. The number of hydrogen-bond acceptors (Lipinski definition) is 8. The van der Waals surface area contributed by atoms with Crippen molar-refractivity contribution in [3.05, 3.63) is 98.1 Å². The molecule has 1 aliphatic carbocycles. The highest BCUT2D eigenvalue weighted by molar-refractivity contribution is 14.1. The molecule has 2 amide bonds. The van der Waals surface area contributed by atoms with Crippen LogP contribution in [0, 0.1) is 3.57 Å². The van der Waals surface area contributed by atoms with E-state index in [2.05, 4.69) is 5.32 Å². The molecular weight excluding hydrogens is 748 g/mol. The van der Waals surface area contributed by atoms with Gasteiger partial charge in [-0.25, -0.2) is 0 Å². The number of nitrogens with one attached hydrogen (secondary N) is 1. The van der Waals surface area contributed by atoms with E-state index in [-0.39, 0.29) is 55.2 Å². The molecule has 0 saturated carbocycles. The van der Waals surface area contributed by atoms with Crippen LogP contribution in [0.2, 0.25) is 0 Å². The minimum absolute atomic E-state index is 0.0187. The van der Waals surface area contributed by atoms with Crippen molar-refractivity contribution in [3.63, 3.8) is 0 Å². The van der Waals surface area contributed by atoms with E-state index < -0.39 is 41.8 Å². The van der Waals surface area contributed by atoms with Crippen LogP contribution >= 0.6 is 22.6 Å². The van der Waals surface area contributed by atoms with Gasteiger partial charge >= 0.3 is 6.18 Å². The summed E-state index contributed by atoms with van der Waals surface area (Å²) < 4.78 is 57.5. The first-order chi connectivity index (χ1) is 22.9. The van der Waals surface area contributed by atoms with Gasteiger partial charge in [0.25, 0.3) is 5.91 Å². The van der Waals surface area contributed by atoms with Gasteiger partial charge in [0.1, 0.15) is 24.2 Å². The van der Waals surface area contributed by atoms with Crippen molar-refractivity contribution in [1.29, 1.82) is 0 Å². The minimum atomic E-state index is -4.61. The largest absolute Gasteiger partial charge is 0.496 e. The molecule has 0 aliphatic heterocycles. The molecule has 0 heterocycles. The lowest BCUT2D eigenvalue weighted by atomic mass is 9.87. The molecule has 0 spiro atoms. The number of carbonyl (C=O) groups excluding carboxylic acids is 3. The second-order valence-corrected chi connectivity index (χ2v) is 12.0. The Morgan fingerprint density at radius 1 is 1.06 bits per heavy atom. The fraction of sp³-hybridized carbons (Fsp3) is 0.324. The van der Waals surface area contributed by atoms with Gasteiger partial charge in [-0.3, -0.25) is 14.4 Å². The van der Waals surface area contributed by atoms with Crippen LogP contribution in [0.5, 0.6) is 17.2 Å². The van der Waals surface area contributed by atoms with Crippen LogP contribution in [0.4, 0.5) is 13.2 Å². The van der Waals surface area contributed by atoms with Gasteiger partial charge in [-0.1, -0.05) is 18.2 Å². The van der Waals surface area contributed by atoms with E-state index in [1.807, 2.05) is 22.6 Å². The molecule has 14 heteroatoms. The normalized spacial score (nSPS) is 17.6. The van der Waals surface area contributed by atoms with E-state index in [0.717, 1.165) is 29.8 Å². The van der Waals surface area contributed by atoms with Crippen molar-refractivity contribution in [2.75, 3.05) is 33.9 Å². The molecule has 256 valence electrons. The van der Waals surface area contributed by atoms with Crippen LogP contribution in [0.25, 0.3) is 0 Å². The summed E-state index contributed by atoms with van der Waals surface area (Å²) in [6, 6.07) is 12.7. The van der Waals surface area contributed by atoms with Gasteiger partial charge in [-0.15, -0.1) is 0 Å². The SMILES string of the molecule is COc1ccccc1CCN(C(=O)c1ccc(C(F)(F)F)cc1)C1CC(C(=O)NCCO)=CC(Oc2c(I)cc(C=O)cc2OC)C1O. The molecule has 3 unspecified atom stereocenters. The third kappa shape index (κ3) is 8.65. The van der Waals surface area contributed by atoms with Crippen LogP contribution in [0.3, 0.4) is 0 Å². The molecule has 1 aliphatic rings. The van der Waals surface area contributed by atoms with Crippen LogP contribution in [-0.4, -0.2) is 85.4 Å². The smallest absolute Gasteiger partial charge is 0.416 e. The number of rotatable bonds is 13. The molecule has 3 aromatic carbocycles. The van der Waals surface area contributed by atoms with Crippen molar-refractivity contribution in [3.8, 4) is 17.2 Å². The molecular formula is C34H34F3IN2O8. The maximum absolute atomic E-state index is 14.1. The van der Waals surface area contributed by atoms with Crippen molar-refractivity contribution < 1.29 is 52.0 Å². The third-order valence-electron chi connectivity index (χ3n) is 7.79. The van der Waals surface area contributed by atoms with Gasteiger partial charge in [0, 0.05) is 36.2 Å². The lowest BCUT2D eigenvalue weighted by Gasteiger charge is -2.41. The summed E-state index contributed by atoms with van der Waals surface area (Å²) in [6.07, 6.45) is -5.14. The molecule has 0 fully saturated rings. The molecule has 0 radical (unpaired) electrons. The molecule has 3 N–H and O–H groups in total. The number of nitrogens with zero attached hydrogens (tertiary/aromatic N) is 1. The van der Waals surface area contributed by atoms with Crippen LogP contribution in [-0.2, 0) is 17.4 Å². The van der Waals surface area contributed by atoms with E-state index in [1.54, 1.807) is 30.3 Å². The molecule has 3 atom stereocenters. The summed E-state index contributed by atoms with van der Waals surface area (Å²) >= 11 is 1.94. The van der Waals surface area contributed by atoms with Gasteiger partial charge in [0.15, 0.2) is 11.5 Å². The predicted octanol–water partition coefficient (Wildman–Crippen LogP) is 4.44. The van der Waals surface area contributed by atoms with E-state index in [1.165, 1.54) is 31.3 Å². The standard InChI is InChI=1S/C34H34F3IN2O8/c1-46-27-6-4-3-5-21(27)11-13-40(33(45)22-7-9-24(10-8-22)34(35,36)37)26-17-23(32(44)39-12-14-41)18-28(30(26)43)48-31-25(38)15-20(19-42)16-29(31)47-2/h3-10,15-16,18-19,26,28,30,41,43H,11-14,17H2,1-2H3,(H,39,44). The van der Waals surface area contributed by atoms with Crippen molar-refractivity contribution in [1.82, 2.24) is 10.2 Å². The fourth-order valence-electron chi connectivity index (χ4n) is 5.37. The predicted molar refractivity (Wildman–Crippen MR) is 177 cm³/mol. The van der Waals surface area contributed by atoms with Crippen molar-refractivity contribution in [2.45, 2.75) is 37.3 Å². The first-order valence-electron chi connectivity index (χ1n) is 14.8. The van der Waals surface area contributed by atoms with Gasteiger partial charge in [-0.05, 0) is 83.1 Å². The summed E-state index contributed by atoms with van der Waals surface area (Å²) in [7, 11) is 2.87. The zero-order chi connectivity index (χ0) is 35.0. The zero-order valence-corrected chi connectivity index (χ0v) is 28.2. The molecule has 3 aromatic rings. The minimum Gasteiger partial charge on any atom is -0.496 e. The number of methoxy groups -OCH3 is 2. The van der Waals surface area contributed by atoms with Gasteiger partial charge in [-0.2, -0.15) is 13.2 Å². The molecule has 48 heavy (non-hydrogen) atoms. The summed E-state index contributed by atoms with van der Waals surface area (Å²) in [5.74, 6) is -0.337. The maximum atomic E-state index is 14.1. The van der Waals surface area contributed by atoms with Crippen molar-refractivity contribution >= 4 is 40.7 Å². The summed E-state index contributed by atoms with van der Waals surface area (Å²) in [6.45, 7) is -0.411. The van der Waals surface area contributed by atoms with Crippen molar-refractivity contribution in [2.24, 2.45) is 0 Å². The maximum Gasteiger partial charge on any atom is 0.416 e. The van der Waals surface area contributed by atoms with E-state index in [0.29, 0.717) is 21.2 Å². The van der Waals surface area contributed by atoms with Crippen LogP contribution in [0.15, 0.2) is 72.3 Å². The molecule has 0 saturated heterocycles. The third-order valence-corrected chi connectivity index (χ3v) is 8.59. The number of aldehydes is 1. The highest BCUT2D eigenvalue weighted by Crippen LogP contribution is 2.37. The number of carbonyl (C=O) groups is 3. The fourth-order valence-corrected chi connectivity index (χ4v) is 6.13. The Morgan fingerprint density at radius 2 is 1.75 bits per heavy atom. The van der Waals surface area contributed by atoms with Gasteiger partial charge in [0.2, 0.25) is 5.91 Å². The van der Waals surface area contributed by atoms with Gasteiger partial charge < -0.3 is 34.6 Å². The number of benzene rings is 3. The lowest BCUT2D eigenvalue weighted by Crippen LogP contribution is -2.55. The Labute approximate surface area is 288 Å². The highest BCUT2D eigenvalue weighted by Gasteiger charge is 2.41. The Morgan fingerprint density at radius 3 is 2.38 bits per heavy atom. The number of ether oxygens (including phenoxy) is 3. The monoisotopic (exact) mass is 782 g/mol. The average molecular weight is 783 g/mol. The summed E-state index contributed by atoms with van der Waals surface area (Å²) in [5.41, 5.74) is 0.198. The molecule has 0 aromatic heterocycles. The molecule has 0 bridgehead atoms. The second-order valence-electron chi connectivity index (χ2n) is 10.8. The van der Waals surface area contributed by atoms with E-state index >= 15 is 0 Å². The topological polar surface area (TPSA) is 135 Å². The number of hydrogen-bond donors (Lipinski definition) is 3. The Balaban J connectivity index is 1.78. The highest BCUT2D eigenvalue weighted by atomic mass is 127. The number of alkyl halides is 3. The molecule has 4 rings (SSSR count). The van der Waals surface area contributed by atoms with E-state index in [9.17, 15) is 37.8 Å². The number of aliphatic hydroxyl groups excluding tert-OH is 2. The quantitative estimate of drug-likeness (QED) is 0.171. The van der Waals surface area contributed by atoms with Gasteiger partial charge in [0.05, 0.1) is 36.0 Å². The molecule has 10 nitrogen and oxygen atoms in total. The Bertz CT molecular complexity index is 1650. The first-order valence-corrected chi connectivity index (χ1v) is 15.9.